The van der Waals surface area contributed by atoms with E-state index in [-0.39, 0.29) is 12.9 Å². The molecule has 0 spiro atoms. The molecule has 1 saturated heterocycles. The van der Waals surface area contributed by atoms with Crippen molar-refractivity contribution < 1.29 is 14.2 Å². The van der Waals surface area contributed by atoms with Crippen LogP contribution in [0.1, 0.15) is 24.0 Å². The standard InChI is InChI=1S/C15H19ClN2O3S/c16-12-4-10-7-19-9-21-14(10)11(5-12)8-22-15(17)18-6-13-2-1-3-20-13/h4-5,13H,1-3,6-9H2,(H2,17,18)/t13-/m0/s1. The molecule has 1 aromatic carbocycles. The first kappa shape index (κ1) is 15.9. The second-order valence-electron chi connectivity index (χ2n) is 5.27. The Morgan fingerprint density at radius 2 is 2.36 bits per heavy atom. The molecule has 5 nitrogen and oxygen atoms in total. The molecule has 0 amide bonds. The van der Waals surface area contributed by atoms with Crippen molar-refractivity contribution in [1.29, 1.82) is 0 Å². The smallest absolute Gasteiger partial charge is 0.189 e. The fourth-order valence-electron chi connectivity index (χ4n) is 2.54. The van der Waals surface area contributed by atoms with Crippen LogP contribution in [0.4, 0.5) is 0 Å². The number of hydrogen-bond donors (Lipinski definition) is 1. The molecule has 120 valence electrons. The summed E-state index contributed by atoms with van der Waals surface area (Å²) in [6.07, 6.45) is 2.40. The zero-order chi connectivity index (χ0) is 15.4. The summed E-state index contributed by atoms with van der Waals surface area (Å²) >= 11 is 7.63. The van der Waals surface area contributed by atoms with Crippen molar-refractivity contribution in [2.45, 2.75) is 31.3 Å². The maximum absolute atomic E-state index is 6.15. The van der Waals surface area contributed by atoms with E-state index in [0.717, 1.165) is 36.3 Å². The van der Waals surface area contributed by atoms with Crippen LogP contribution >= 0.6 is 23.4 Å². The van der Waals surface area contributed by atoms with Crippen LogP contribution < -0.4 is 10.5 Å². The number of ether oxygens (including phenoxy) is 3. The largest absolute Gasteiger partial charge is 0.467 e. The van der Waals surface area contributed by atoms with Gasteiger partial charge in [-0.3, -0.25) is 4.99 Å². The van der Waals surface area contributed by atoms with Crippen molar-refractivity contribution >= 4 is 28.5 Å². The number of amidine groups is 1. The third-order valence-corrected chi connectivity index (χ3v) is 4.70. The number of nitrogens with two attached hydrogens (primary N) is 1. The molecule has 3 rings (SSSR count). The average Bonchev–Trinajstić information content (AvgIpc) is 3.04. The summed E-state index contributed by atoms with van der Waals surface area (Å²) in [4.78, 5) is 4.39. The molecule has 1 aromatic rings. The summed E-state index contributed by atoms with van der Waals surface area (Å²) in [5.41, 5.74) is 7.97. The second-order valence-corrected chi connectivity index (χ2v) is 6.70. The third kappa shape index (κ3) is 4.07. The molecule has 7 heteroatoms. The highest BCUT2D eigenvalue weighted by Gasteiger charge is 2.17. The Morgan fingerprint density at radius 1 is 1.45 bits per heavy atom. The molecule has 1 fully saturated rings. The summed E-state index contributed by atoms with van der Waals surface area (Å²) in [7, 11) is 0. The molecule has 0 saturated carbocycles. The summed E-state index contributed by atoms with van der Waals surface area (Å²) in [6, 6.07) is 3.78. The number of rotatable bonds is 4. The first-order valence-corrected chi connectivity index (χ1v) is 8.65. The molecule has 0 unspecified atom stereocenters. The van der Waals surface area contributed by atoms with Crippen LogP contribution in [0.3, 0.4) is 0 Å². The highest BCUT2D eigenvalue weighted by molar-refractivity contribution is 8.13. The molecular weight excluding hydrogens is 324 g/mol. The van der Waals surface area contributed by atoms with Gasteiger partial charge in [-0.25, -0.2) is 0 Å². The molecule has 2 N–H and O–H groups in total. The van der Waals surface area contributed by atoms with E-state index in [2.05, 4.69) is 4.99 Å². The van der Waals surface area contributed by atoms with E-state index in [0.29, 0.717) is 29.1 Å². The van der Waals surface area contributed by atoms with Crippen molar-refractivity contribution in [3.63, 3.8) is 0 Å². The van der Waals surface area contributed by atoms with Gasteiger partial charge in [-0.1, -0.05) is 23.4 Å². The minimum absolute atomic E-state index is 0.221. The molecule has 0 aliphatic carbocycles. The molecule has 22 heavy (non-hydrogen) atoms. The number of hydrogen-bond acceptors (Lipinski definition) is 5. The first-order chi connectivity index (χ1) is 10.7. The van der Waals surface area contributed by atoms with Crippen LogP contribution in [0.5, 0.6) is 5.75 Å². The van der Waals surface area contributed by atoms with Crippen LogP contribution in [-0.4, -0.2) is 31.2 Å². The second kappa shape index (κ2) is 7.55. The molecule has 0 bridgehead atoms. The predicted molar refractivity (Wildman–Crippen MR) is 88.5 cm³/mol. The minimum Gasteiger partial charge on any atom is -0.467 e. The van der Waals surface area contributed by atoms with Gasteiger partial charge in [0.2, 0.25) is 0 Å². The number of fused-ring (bicyclic) bond motifs is 1. The maximum atomic E-state index is 6.15. The lowest BCUT2D eigenvalue weighted by Gasteiger charge is -2.21. The van der Waals surface area contributed by atoms with Crippen molar-refractivity contribution in [1.82, 2.24) is 0 Å². The van der Waals surface area contributed by atoms with Crippen molar-refractivity contribution in [2.24, 2.45) is 10.7 Å². The van der Waals surface area contributed by atoms with Gasteiger partial charge in [0.05, 0.1) is 19.3 Å². The number of benzene rings is 1. The van der Waals surface area contributed by atoms with Crippen molar-refractivity contribution in [3.8, 4) is 5.75 Å². The Labute approximate surface area is 139 Å². The van der Waals surface area contributed by atoms with Gasteiger partial charge in [-0.15, -0.1) is 0 Å². The normalized spacial score (nSPS) is 21.5. The topological polar surface area (TPSA) is 66.1 Å². The number of nitrogens with zero attached hydrogens (tertiary/aromatic N) is 1. The van der Waals surface area contributed by atoms with Gasteiger partial charge >= 0.3 is 0 Å². The minimum atomic E-state index is 0.221. The molecule has 0 radical (unpaired) electrons. The molecule has 1 atom stereocenters. The fraction of sp³-hybridized carbons (Fsp3) is 0.533. The van der Waals surface area contributed by atoms with E-state index in [4.69, 9.17) is 31.5 Å². The van der Waals surface area contributed by atoms with Crippen LogP contribution in [0, 0.1) is 0 Å². The Bertz CT molecular complexity index is 562. The number of thioether (sulfide) groups is 1. The van der Waals surface area contributed by atoms with E-state index >= 15 is 0 Å². The summed E-state index contributed by atoms with van der Waals surface area (Å²) in [6.45, 7) is 2.27. The van der Waals surface area contributed by atoms with Crippen LogP contribution in [0.15, 0.2) is 17.1 Å². The summed E-state index contributed by atoms with van der Waals surface area (Å²) < 4.78 is 16.4. The number of halogens is 1. The predicted octanol–water partition coefficient (Wildman–Crippen LogP) is 2.93. The van der Waals surface area contributed by atoms with Gasteiger partial charge in [0.1, 0.15) is 5.75 Å². The fourth-order valence-corrected chi connectivity index (χ4v) is 3.49. The SMILES string of the molecule is NC(=NC[C@@H]1CCCO1)SCc1cc(Cl)cc2c1OCOC2. The monoisotopic (exact) mass is 342 g/mol. The van der Waals surface area contributed by atoms with Gasteiger partial charge in [0.15, 0.2) is 12.0 Å². The Morgan fingerprint density at radius 3 is 3.18 bits per heavy atom. The van der Waals surface area contributed by atoms with E-state index in [9.17, 15) is 0 Å². The Hall–Kier alpha value is -0.950. The quantitative estimate of drug-likeness (QED) is 0.673. The lowest BCUT2D eigenvalue weighted by Crippen LogP contribution is -2.15. The van der Waals surface area contributed by atoms with Gasteiger partial charge < -0.3 is 19.9 Å². The van der Waals surface area contributed by atoms with Crippen LogP contribution in [0.25, 0.3) is 0 Å². The highest BCUT2D eigenvalue weighted by Crippen LogP contribution is 2.33. The van der Waals surface area contributed by atoms with Gasteiger partial charge in [0, 0.05) is 28.5 Å². The first-order valence-electron chi connectivity index (χ1n) is 7.28. The zero-order valence-corrected chi connectivity index (χ0v) is 13.8. The molecular formula is C15H19ClN2O3S. The van der Waals surface area contributed by atoms with Crippen molar-refractivity contribution in [3.05, 3.63) is 28.3 Å². The maximum Gasteiger partial charge on any atom is 0.189 e. The van der Waals surface area contributed by atoms with Crippen LogP contribution in [-0.2, 0) is 21.8 Å². The van der Waals surface area contributed by atoms with Gasteiger partial charge in [0.25, 0.3) is 0 Å². The average molecular weight is 343 g/mol. The van der Waals surface area contributed by atoms with Gasteiger partial charge in [-0.05, 0) is 25.0 Å². The summed E-state index contributed by atoms with van der Waals surface area (Å²) in [5.74, 6) is 1.53. The van der Waals surface area contributed by atoms with E-state index in [1.807, 2.05) is 12.1 Å². The molecule has 2 heterocycles. The Balaban J connectivity index is 1.60. The van der Waals surface area contributed by atoms with Crippen molar-refractivity contribution in [2.75, 3.05) is 19.9 Å². The molecule has 2 aliphatic heterocycles. The Kier molecular flexibility index (Phi) is 5.46. The zero-order valence-electron chi connectivity index (χ0n) is 12.2. The van der Waals surface area contributed by atoms with Crippen LogP contribution in [0.2, 0.25) is 5.02 Å². The number of aliphatic imine (C=N–C) groups is 1. The lowest BCUT2D eigenvalue weighted by atomic mass is 10.1. The summed E-state index contributed by atoms with van der Waals surface area (Å²) in [5, 5.41) is 1.25. The van der Waals surface area contributed by atoms with Gasteiger partial charge in [-0.2, -0.15) is 0 Å². The van der Waals surface area contributed by atoms with E-state index < -0.39 is 0 Å². The third-order valence-electron chi connectivity index (χ3n) is 3.60. The van der Waals surface area contributed by atoms with E-state index in [1.54, 1.807) is 0 Å². The lowest BCUT2D eigenvalue weighted by molar-refractivity contribution is -0.0168. The molecule has 2 aliphatic rings. The van der Waals surface area contributed by atoms with E-state index in [1.165, 1.54) is 11.8 Å². The molecule has 0 aromatic heterocycles. The highest BCUT2D eigenvalue weighted by atomic mass is 35.5.